The highest BCUT2D eigenvalue weighted by atomic mass is 16.5. The summed E-state index contributed by atoms with van der Waals surface area (Å²) in [5.74, 6) is 1.20. The molecule has 1 aromatic heterocycles. The average molecular weight is 358 g/mol. The molecular formula is C18H22N4O4. The summed E-state index contributed by atoms with van der Waals surface area (Å²) in [5, 5.41) is 8.11. The molecule has 0 radical (unpaired) electrons. The van der Waals surface area contributed by atoms with E-state index in [9.17, 15) is 9.59 Å². The summed E-state index contributed by atoms with van der Waals surface area (Å²) < 4.78 is 10.5. The Bertz CT molecular complexity index is 815. The number of ether oxygens (including phenoxy) is 2. The lowest BCUT2D eigenvalue weighted by Gasteiger charge is -2.26. The lowest BCUT2D eigenvalue weighted by molar-refractivity contribution is -0.135. The smallest absolute Gasteiger partial charge is 0.272 e. The fraction of sp³-hybridized carbons (Fsp3) is 0.444. The van der Waals surface area contributed by atoms with Crippen LogP contribution in [0.5, 0.6) is 5.75 Å². The highest BCUT2D eigenvalue weighted by Gasteiger charge is 2.17. The van der Waals surface area contributed by atoms with Crippen LogP contribution in [0.2, 0.25) is 0 Å². The van der Waals surface area contributed by atoms with E-state index < -0.39 is 0 Å². The number of carbonyl (C=O) groups is 1. The lowest BCUT2D eigenvalue weighted by Crippen LogP contribution is -2.41. The number of morpholine rings is 1. The molecule has 2 aromatic rings. The van der Waals surface area contributed by atoms with Gasteiger partial charge in [0.25, 0.3) is 5.56 Å². The van der Waals surface area contributed by atoms with Gasteiger partial charge in [-0.15, -0.1) is 10.2 Å². The number of methoxy groups -OCH3 is 1. The number of para-hydroxylation sites is 1. The second kappa shape index (κ2) is 8.57. The Morgan fingerprint density at radius 3 is 2.77 bits per heavy atom. The van der Waals surface area contributed by atoms with Gasteiger partial charge in [-0.1, -0.05) is 18.2 Å². The first-order valence-corrected chi connectivity index (χ1v) is 8.59. The van der Waals surface area contributed by atoms with Gasteiger partial charge in [0.05, 0.1) is 20.3 Å². The first kappa shape index (κ1) is 18.1. The maximum absolute atomic E-state index is 12.2. The van der Waals surface area contributed by atoms with E-state index in [0.717, 1.165) is 11.3 Å². The van der Waals surface area contributed by atoms with Gasteiger partial charge in [-0.3, -0.25) is 9.59 Å². The number of hydrogen-bond acceptors (Lipinski definition) is 6. The molecule has 1 aliphatic rings. The van der Waals surface area contributed by atoms with Crippen molar-refractivity contribution in [2.75, 3.05) is 33.4 Å². The molecule has 1 fully saturated rings. The van der Waals surface area contributed by atoms with Crippen LogP contribution >= 0.6 is 0 Å². The molecule has 0 saturated carbocycles. The van der Waals surface area contributed by atoms with E-state index in [1.807, 2.05) is 24.3 Å². The number of aromatic nitrogens is 3. The fourth-order valence-electron chi connectivity index (χ4n) is 2.86. The van der Waals surface area contributed by atoms with Gasteiger partial charge in [0.1, 0.15) is 17.3 Å². The van der Waals surface area contributed by atoms with Crippen molar-refractivity contribution in [1.29, 1.82) is 0 Å². The maximum Gasteiger partial charge on any atom is 0.272 e. The quantitative estimate of drug-likeness (QED) is 0.810. The Balaban J connectivity index is 1.62. The standard InChI is InChI=1S/C18H22N4O4/c1-25-15-5-3-2-4-13(15)12-16-19-18(24)14(20-21-16)6-7-17(23)22-8-10-26-11-9-22/h2-5H,6-12H2,1H3,(H,19,21,24). The average Bonchev–Trinajstić information content (AvgIpc) is 2.68. The number of aryl methyl sites for hydroxylation is 1. The van der Waals surface area contributed by atoms with Gasteiger partial charge in [0.15, 0.2) is 0 Å². The SMILES string of the molecule is COc1ccccc1Cc1nnc(CCC(=O)N2CCOCC2)c(=O)[nH]1. The van der Waals surface area contributed by atoms with E-state index in [0.29, 0.717) is 38.5 Å². The number of H-pyrrole nitrogens is 1. The van der Waals surface area contributed by atoms with Crippen molar-refractivity contribution in [2.24, 2.45) is 0 Å². The largest absolute Gasteiger partial charge is 0.496 e. The van der Waals surface area contributed by atoms with Gasteiger partial charge in [-0.05, 0) is 6.07 Å². The van der Waals surface area contributed by atoms with Crippen LogP contribution in [0.15, 0.2) is 29.1 Å². The molecule has 1 amide bonds. The molecule has 1 saturated heterocycles. The Labute approximate surface area is 151 Å². The molecule has 0 atom stereocenters. The monoisotopic (exact) mass is 358 g/mol. The molecule has 1 N–H and O–H groups in total. The lowest BCUT2D eigenvalue weighted by atomic mass is 10.1. The summed E-state index contributed by atoms with van der Waals surface area (Å²) >= 11 is 0. The number of hydrogen-bond donors (Lipinski definition) is 1. The highest BCUT2D eigenvalue weighted by molar-refractivity contribution is 5.76. The molecule has 8 nitrogen and oxygen atoms in total. The maximum atomic E-state index is 12.2. The third-order valence-electron chi connectivity index (χ3n) is 4.30. The van der Waals surface area contributed by atoms with E-state index >= 15 is 0 Å². The predicted molar refractivity (Wildman–Crippen MR) is 94.2 cm³/mol. The molecule has 26 heavy (non-hydrogen) atoms. The Hall–Kier alpha value is -2.74. The predicted octanol–water partition coefficient (Wildman–Crippen LogP) is 0.556. The van der Waals surface area contributed by atoms with Gasteiger partial charge >= 0.3 is 0 Å². The van der Waals surface area contributed by atoms with Crippen LogP contribution in [0.4, 0.5) is 0 Å². The Morgan fingerprint density at radius 1 is 1.27 bits per heavy atom. The third-order valence-corrected chi connectivity index (χ3v) is 4.30. The molecule has 2 heterocycles. The highest BCUT2D eigenvalue weighted by Crippen LogP contribution is 2.19. The van der Waals surface area contributed by atoms with Crippen LogP contribution in [0.1, 0.15) is 23.5 Å². The van der Waals surface area contributed by atoms with Crippen LogP contribution in [0.25, 0.3) is 0 Å². The first-order valence-electron chi connectivity index (χ1n) is 8.59. The van der Waals surface area contributed by atoms with Gasteiger partial charge in [-0.2, -0.15) is 0 Å². The van der Waals surface area contributed by atoms with Crippen molar-refractivity contribution >= 4 is 5.91 Å². The topological polar surface area (TPSA) is 97.4 Å². The number of nitrogens with one attached hydrogen (secondary N) is 1. The summed E-state index contributed by atoms with van der Waals surface area (Å²) in [7, 11) is 1.60. The number of amides is 1. The Kier molecular flexibility index (Phi) is 5.96. The number of aromatic amines is 1. The summed E-state index contributed by atoms with van der Waals surface area (Å²) in [5.41, 5.74) is 0.880. The summed E-state index contributed by atoms with van der Waals surface area (Å²) in [6, 6.07) is 7.54. The summed E-state index contributed by atoms with van der Waals surface area (Å²) in [6.45, 7) is 2.31. The van der Waals surface area contributed by atoms with Crippen molar-refractivity contribution in [3.8, 4) is 5.75 Å². The second-order valence-electron chi connectivity index (χ2n) is 6.03. The molecule has 138 valence electrons. The molecular weight excluding hydrogens is 336 g/mol. The fourth-order valence-corrected chi connectivity index (χ4v) is 2.86. The molecule has 0 aliphatic carbocycles. The van der Waals surface area contributed by atoms with Crippen LogP contribution in [-0.4, -0.2) is 59.4 Å². The van der Waals surface area contributed by atoms with Crippen LogP contribution in [-0.2, 0) is 22.4 Å². The summed E-state index contributed by atoms with van der Waals surface area (Å²) in [4.78, 5) is 28.9. The molecule has 0 bridgehead atoms. The minimum atomic E-state index is -0.306. The zero-order chi connectivity index (χ0) is 18.4. The molecule has 1 aliphatic heterocycles. The van der Waals surface area contributed by atoms with Crippen molar-refractivity contribution in [1.82, 2.24) is 20.1 Å². The zero-order valence-electron chi connectivity index (χ0n) is 14.7. The number of nitrogens with zero attached hydrogens (tertiary/aromatic N) is 3. The van der Waals surface area contributed by atoms with E-state index in [1.54, 1.807) is 12.0 Å². The van der Waals surface area contributed by atoms with Crippen LogP contribution < -0.4 is 10.3 Å². The van der Waals surface area contributed by atoms with Crippen molar-refractivity contribution < 1.29 is 14.3 Å². The minimum Gasteiger partial charge on any atom is -0.496 e. The second-order valence-corrected chi connectivity index (χ2v) is 6.03. The number of benzene rings is 1. The summed E-state index contributed by atoms with van der Waals surface area (Å²) in [6.07, 6.45) is 0.927. The van der Waals surface area contributed by atoms with Gasteiger partial charge in [0.2, 0.25) is 5.91 Å². The third kappa shape index (κ3) is 4.45. The van der Waals surface area contributed by atoms with Crippen LogP contribution in [0.3, 0.4) is 0 Å². The van der Waals surface area contributed by atoms with E-state index in [4.69, 9.17) is 9.47 Å². The minimum absolute atomic E-state index is 0.00704. The van der Waals surface area contributed by atoms with E-state index in [1.165, 1.54) is 0 Å². The molecule has 0 spiro atoms. The molecule has 1 aromatic carbocycles. The Morgan fingerprint density at radius 2 is 2.04 bits per heavy atom. The van der Waals surface area contributed by atoms with Gasteiger partial charge in [0, 0.05) is 37.9 Å². The molecule has 8 heteroatoms. The molecule has 0 unspecified atom stereocenters. The van der Waals surface area contributed by atoms with Gasteiger partial charge in [-0.25, -0.2) is 0 Å². The first-order chi connectivity index (χ1) is 12.7. The normalized spacial score (nSPS) is 14.3. The van der Waals surface area contributed by atoms with E-state index in [-0.39, 0.29) is 30.0 Å². The molecule has 3 rings (SSSR count). The van der Waals surface area contributed by atoms with Crippen molar-refractivity contribution in [3.63, 3.8) is 0 Å². The van der Waals surface area contributed by atoms with Crippen molar-refractivity contribution in [2.45, 2.75) is 19.3 Å². The number of carbonyl (C=O) groups excluding carboxylic acids is 1. The van der Waals surface area contributed by atoms with Crippen molar-refractivity contribution in [3.05, 3.63) is 51.7 Å². The van der Waals surface area contributed by atoms with E-state index in [2.05, 4.69) is 15.2 Å². The number of rotatable bonds is 6. The zero-order valence-corrected chi connectivity index (χ0v) is 14.7. The van der Waals surface area contributed by atoms with Crippen LogP contribution in [0, 0.1) is 0 Å². The van der Waals surface area contributed by atoms with Gasteiger partial charge < -0.3 is 19.4 Å².